The molecule has 254 valence electrons. The summed E-state index contributed by atoms with van der Waals surface area (Å²) < 4.78 is 6.27. The summed E-state index contributed by atoms with van der Waals surface area (Å²) >= 11 is 0. The van der Waals surface area contributed by atoms with E-state index in [0.29, 0.717) is 55.8 Å². The van der Waals surface area contributed by atoms with Crippen LogP contribution < -0.4 is 0 Å². The number of carbonyl (C=O) groups excluding carboxylic acids is 2. The Balaban J connectivity index is 1.07. The highest BCUT2D eigenvalue weighted by Crippen LogP contribution is 2.68. The van der Waals surface area contributed by atoms with Gasteiger partial charge in [-0.1, -0.05) is 27.7 Å². The Morgan fingerprint density at radius 3 is 2.18 bits per heavy atom. The van der Waals surface area contributed by atoms with E-state index >= 15 is 0 Å². The molecule has 0 amide bonds. The predicted molar refractivity (Wildman–Crippen MR) is 171 cm³/mol. The lowest BCUT2D eigenvalue weighted by molar-refractivity contribution is -0.205. The largest absolute Gasteiger partial charge is 0.481 e. The van der Waals surface area contributed by atoms with Crippen molar-refractivity contribution in [2.45, 2.75) is 161 Å². The maximum Gasteiger partial charge on any atom is 0.309 e. The molecule has 0 spiro atoms. The van der Waals surface area contributed by atoms with Crippen LogP contribution in [0.25, 0.3) is 0 Å². The number of ether oxygens (including phenoxy) is 1. The number of ketones is 1. The molecular weight excluding hydrogens is 568 g/mol. The van der Waals surface area contributed by atoms with E-state index < -0.39 is 22.6 Å². The first kappa shape index (κ1) is 33.4. The molecule has 45 heavy (non-hydrogen) atoms. The SMILES string of the molecule is CCC(CC(C)C(=O)C12CC3CC(CC(O)(C3)C1)C2)C(=O)OC1CC[C@@]2(C)C(CC[C@]3(C)C2CC[C@](C)(O)C3CCC(=O)O)C1. The lowest BCUT2D eigenvalue weighted by Gasteiger charge is -2.65. The second-order valence-electron chi connectivity index (χ2n) is 18.1. The van der Waals surface area contributed by atoms with E-state index in [1.165, 1.54) is 0 Å². The van der Waals surface area contributed by atoms with Crippen LogP contribution >= 0.6 is 0 Å². The fourth-order valence-electron chi connectivity index (χ4n) is 13.4. The molecule has 7 saturated carbocycles. The van der Waals surface area contributed by atoms with Crippen LogP contribution in [0.2, 0.25) is 0 Å². The van der Waals surface area contributed by atoms with Gasteiger partial charge in [0.05, 0.1) is 17.1 Å². The number of carboxylic acid groups (broad SMARTS) is 1. The monoisotopic (exact) mass is 628 g/mol. The molecule has 0 heterocycles. The molecule has 0 radical (unpaired) electrons. The summed E-state index contributed by atoms with van der Waals surface area (Å²) in [6.45, 7) is 10.7. The molecule has 7 aliphatic rings. The van der Waals surface area contributed by atoms with Crippen molar-refractivity contribution in [2.24, 2.45) is 57.7 Å². The standard InChI is InChI=1S/C38H60O7/c1-6-26(15-23(2)32(41)37-18-24-16-25(19-37)21-38(44,20-24)22-37)33(42)45-28-10-13-34(3)27(17-28)9-12-35(4)29(34)11-14-36(5,43)30(35)7-8-31(39)40/h23-30,43-44H,6-22H2,1-5H3,(H,39,40)/t23?,24?,25?,26?,27?,28?,29?,30?,34-,35+,36-,37?,38?/m0/s1. The average Bonchev–Trinajstić information content (AvgIpc) is 2.93. The molecule has 0 aromatic carbocycles. The van der Waals surface area contributed by atoms with Crippen LogP contribution in [0.3, 0.4) is 0 Å². The minimum atomic E-state index is -0.848. The Bertz CT molecular complexity index is 1160. The summed E-state index contributed by atoms with van der Waals surface area (Å²) in [5, 5.41) is 32.0. The minimum Gasteiger partial charge on any atom is -0.481 e. The van der Waals surface area contributed by atoms with Crippen LogP contribution in [0, 0.1) is 57.7 Å². The van der Waals surface area contributed by atoms with E-state index in [1.807, 2.05) is 20.8 Å². The lowest BCUT2D eigenvalue weighted by atomic mass is 9.40. The number of carboxylic acids is 1. The van der Waals surface area contributed by atoms with Crippen molar-refractivity contribution < 1.29 is 34.4 Å². The first-order chi connectivity index (χ1) is 21.0. The third-order valence-corrected chi connectivity index (χ3v) is 15.0. The Kier molecular flexibility index (Phi) is 8.62. The van der Waals surface area contributed by atoms with E-state index in [4.69, 9.17) is 4.74 Å². The minimum absolute atomic E-state index is 0.0375. The molecule has 0 aliphatic heterocycles. The van der Waals surface area contributed by atoms with E-state index in [0.717, 1.165) is 70.6 Å². The number of aliphatic carboxylic acids is 1. The first-order valence-electron chi connectivity index (χ1n) is 18.4. The fraction of sp³-hybridized carbons (Fsp3) is 0.921. The van der Waals surface area contributed by atoms with Gasteiger partial charge in [0.1, 0.15) is 11.9 Å². The lowest BCUT2D eigenvalue weighted by Crippen LogP contribution is -2.61. The van der Waals surface area contributed by atoms with Crippen LogP contribution in [0.15, 0.2) is 0 Å². The number of fused-ring (bicyclic) bond motifs is 3. The van der Waals surface area contributed by atoms with Gasteiger partial charge in [0.2, 0.25) is 0 Å². The van der Waals surface area contributed by atoms with Gasteiger partial charge in [-0.2, -0.15) is 0 Å². The van der Waals surface area contributed by atoms with Gasteiger partial charge in [0.25, 0.3) is 0 Å². The zero-order valence-electron chi connectivity index (χ0n) is 28.6. The molecule has 8 unspecified atom stereocenters. The van der Waals surface area contributed by atoms with Crippen LogP contribution in [0.1, 0.15) is 144 Å². The van der Waals surface area contributed by atoms with Gasteiger partial charge in [-0.05, 0) is 150 Å². The number of Topliss-reactive ketones (excluding diaryl/α,β-unsaturated/α-hetero) is 1. The topological polar surface area (TPSA) is 121 Å². The summed E-state index contributed by atoms with van der Waals surface area (Å²) in [7, 11) is 0. The number of hydrogen-bond donors (Lipinski definition) is 3. The van der Waals surface area contributed by atoms with E-state index in [1.54, 1.807) is 0 Å². The van der Waals surface area contributed by atoms with Gasteiger partial charge in [0, 0.05) is 17.8 Å². The third kappa shape index (κ3) is 5.82. The van der Waals surface area contributed by atoms with Gasteiger partial charge in [-0.15, -0.1) is 0 Å². The van der Waals surface area contributed by atoms with Crippen molar-refractivity contribution >= 4 is 17.7 Å². The van der Waals surface area contributed by atoms with Gasteiger partial charge < -0.3 is 20.1 Å². The molecular formula is C38H60O7. The van der Waals surface area contributed by atoms with Crippen molar-refractivity contribution in [3.05, 3.63) is 0 Å². The summed E-state index contributed by atoms with van der Waals surface area (Å²) in [5.41, 5.74) is -1.93. The molecule has 7 nitrogen and oxygen atoms in total. The highest BCUT2D eigenvalue weighted by Gasteiger charge is 2.63. The molecule has 3 N–H and O–H groups in total. The Hall–Kier alpha value is -1.47. The summed E-state index contributed by atoms with van der Waals surface area (Å²) in [4.78, 5) is 39.1. The second kappa shape index (κ2) is 11.6. The number of carbonyl (C=O) groups is 3. The van der Waals surface area contributed by atoms with Crippen LogP contribution in [0.5, 0.6) is 0 Å². The zero-order chi connectivity index (χ0) is 32.6. The van der Waals surface area contributed by atoms with Gasteiger partial charge in [0.15, 0.2) is 0 Å². The highest BCUT2D eigenvalue weighted by atomic mass is 16.5. The fourth-order valence-corrected chi connectivity index (χ4v) is 13.4. The van der Waals surface area contributed by atoms with Crippen molar-refractivity contribution in [1.82, 2.24) is 0 Å². The third-order valence-electron chi connectivity index (χ3n) is 15.0. The Labute approximate surface area is 270 Å². The summed E-state index contributed by atoms with van der Waals surface area (Å²) in [6, 6.07) is 0. The summed E-state index contributed by atoms with van der Waals surface area (Å²) in [5.74, 6) is 0.553. The second-order valence-corrected chi connectivity index (χ2v) is 18.1. The van der Waals surface area contributed by atoms with E-state index in [9.17, 15) is 29.7 Å². The molecule has 0 saturated heterocycles. The molecule has 7 aliphatic carbocycles. The number of aliphatic hydroxyl groups is 2. The first-order valence-corrected chi connectivity index (χ1v) is 18.4. The van der Waals surface area contributed by atoms with E-state index in [-0.39, 0.29) is 52.9 Å². The molecule has 7 rings (SSSR count). The maximum atomic E-state index is 14.0. The zero-order valence-corrected chi connectivity index (χ0v) is 28.6. The molecule has 4 bridgehead atoms. The van der Waals surface area contributed by atoms with Crippen LogP contribution in [-0.2, 0) is 19.1 Å². The molecule has 0 aromatic heterocycles. The van der Waals surface area contributed by atoms with Gasteiger partial charge in [-0.3, -0.25) is 14.4 Å². The quantitative estimate of drug-likeness (QED) is 0.221. The molecule has 7 fully saturated rings. The summed E-state index contributed by atoms with van der Waals surface area (Å²) in [6.07, 6.45) is 13.3. The van der Waals surface area contributed by atoms with Crippen molar-refractivity contribution in [3.63, 3.8) is 0 Å². The number of esters is 1. The maximum absolute atomic E-state index is 14.0. The van der Waals surface area contributed by atoms with Crippen LogP contribution in [-0.4, -0.2) is 50.3 Å². The molecule has 11 atom stereocenters. The van der Waals surface area contributed by atoms with Crippen molar-refractivity contribution in [3.8, 4) is 0 Å². The Morgan fingerprint density at radius 1 is 0.889 bits per heavy atom. The van der Waals surface area contributed by atoms with Crippen LogP contribution in [0.4, 0.5) is 0 Å². The number of hydrogen-bond acceptors (Lipinski definition) is 6. The smallest absolute Gasteiger partial charge is 0.309 e. The molecule has 7 heteroatoms. The van der Waals surface area contributed by atoms with Crippen molar-refractivity contribution in [2.75, 3.05) is 0 Å². The predicted octanol–water partition coefficient (Wildman–Crippen LogP) is 7.10. The molecule has 0 aromatic rings. The Morgan fingerprint density at radius 2 is 1.56 bits per heavy atom. The van der Waals surface area contributed by atoms with Crippen molar-refractivity contribution in [1.29, 1.82) is 0 Å². The normalized spacial score (nSPS) is 48.2. The average molecular weight is 629 g/mol. The number of rotatable bonds is 10. The van der Waals surface area contributed by atoms with E-state index in [2.05, 4.69) is 13.8 Å². The van der Waals surface area contributed by atoms with Gasteiger partial charge in [-0.25, -0.2) is 0 Å². The highest BCUT2D eigenvalue weighted by molar-refractivity contribution is 5.88. The van der Waals surface area contributed by atoms with Gasteiger partial charge >= 0.3 is 11.9 Å².